The van der Waals surface area contributed by atoms with Gasteiger partial charge in [-0.25, -0.2) is 4.79 Å². The maximum Gasteiger partial charge on any atom is 0.341 e. The first-order chi connectivity index (χ1) is 11.9. The van der Waals surface area contributed by atoms with E-state index in [0.717, 1.165) is 42.5 Å². The lowest BCUT2D eigenvalue weighted by molar-refractivity contribution is -0.137. The van der Waals surface area contributed by atoms with Crippen molar-refractivity contribution in [1.29, 1.82) is 0 Å². The number of hydrogen-bond donors (Lipinski definition) is 2. The SMILES string of the molecule is CCC(C)OC(=O)c1c(NC(=O)CCCC(=O)O)sc2c1CCCC2. The number of rotatable bonds is 8. The van der Waals surface area contributed by atoms with Crippen molar-refractivity contribution in [3.8, 4) is 0 Å². The summed E-state index contributed by atoms with van der Waals surface area (Å²) in [7, 11) is 0. The molecule has 1 amide bonds. The minimum absolute atomic E-state index is 0.0444. The molecule has 2 N–H and O–H groups in total. The second-order valence-corrected chi connectivity index (χ2v) is 7.44. The normalized spacial score (nSPS) is 14.5. The van der Waals surface area contributed by atoms with E-state index in [1.807, 2.05) is 13.8 Å². The molecule has 0 radical (unpaired) electrons. The molecule has 0 fully saturated rings. The summed E-state index contributed by atoms with van der Waals surface area (Å²) >= 11 is 1.44. The van der Waals surface area contributed by atoms with E-state index >= 15 is 0 Å². The van der Waals surface area contributed by atoms with Crippen LogP contribution in [-0.2, 0) is 27.2 Å². The predicted octanol–water partition coefficient (Wildman–Crippen LogP) is 3.78. The molecule has 25 heavy (non-hydrogen) atoms. The van der Waals surface area contributed by atoms with Crippen LogP contribution in [-0.4, -0.2) is 29.1 Å². The maximum absolute atomic E-state index is 12.6. The number of carbonyl (C=O) groups is 3. The number of hydrogen-bond acceptors (Lipinski definition) is 5. The molecule has 1 aromatic rings. The molecule has 2 rings (SSSR count). The number of nitrogens with one attached hydrogen (secondary N) is 1. The van der Waals surface area contributed by atoms with Crippen LogP contribution in [0.5, 0.6) is 0 Å². The molecule has 1 aliphatic carbocycles. The molecular formula is C18H25NO5S. The number of esters is 1. The fourth-order valence-corrected chi connectivity index (χ4v) is 4.08. The van der Waals surface area contributed by atoms with Gasteiger partial charge in [0, 0.05) is 17.7 Å². The molecule has 138 valence electrons. The average Bonchev–Trinajstić information content (AvgIpc) is 2.91. The number of aryl methyl sites for hydroxylation is 1. The van der Waals surface area contributed by atoms with Crippen LogP contribution < -0.4 is 5.32 Å². The molecule has 0 spiro atoms. The van der Waals surface area contributed by atoms with E-state index in [1.54, 1.807) is 0 Å². The number of amides is 1. The Bertz CT molecular complexity index is 652. The van der Waals surface area contributed by atoms with Crippen molar-refractivity contribution >= 4 is 34.2 Å². The van der Waals surface area contributed by atoms with Crippen molar-refractivity contribution in [3.63, 3.8) is 0 Å². The zero-order valence-electron chi connectivity index (χ0n) is 14.7. The van der Waals surface area contributed by atoms with E-state index in [0.29, 0.717) is 10.6 Å². The molecule has 1 aliphatic rings. The molecule has 0 saturated carbocycles. The Morgan fingerprint density at radius 2 is 1.96 bits per heavy atom. The van der Waals surface area contributed by atoms with Gasteiger partial charge in [-0.2, -0.15) is 0 Å². The van der Waals surface area contributed by atoms with Gasteiger partial charge in [0.15, 0.2) is 0 Å². The number of anilines is 1. The predicted molar refractivity (Wildman–Crippen MR) is 96.2 cm³/mol. The fraction of sp³-hybridized carbons (Fsp3) is 0.611. The lowest BCUT2D eigenvalue weighted by Gasteiger charge is -2.15. The third-order valence-corrected chi connectivity index (χ3v) is 5.51. The van der Waals surface area contributed by atoms with Crippen LogP contribution in [0.15, 0.2) is 0 Å². The van der Waals surface area contributed by atoms with Crippen LogP contribution in [0.1, 0.15) is 73.2 Å². The summed E-state index contributed by atoms with van der Waals surface area (Å²) in [4.78, 5) is 36.4. The van der Waals surface area contributed by atoms with Crippen molar-refractivity contribution in [2.75, 3.05) is 5.32 Å². The van der Waals surface area contributed by atoms with E-state index in [4.69, 9.17) is 9.84 Å². The number of thiophene rings is 1. The number of carbonyl (C=O) groups excluding carboxylic acids is 2. The summed E-state index contributed by atoms with van der Waals surface area (Å²) < 4.78 is 5.48. The van der Waals surface area contributed by atoms with Crippen molar-refractivity contribution < 1.29 is 24.2 Å². The average molecular weight is 367 g/mol. The molecular weight excluding hydrogens is 342 g/mol. The quantitative estimate of drug-likeness (QED) is 0.682. The molecule has 1 heterocycles. The molecule has 0 saturated heterocycles. The number of aliphatic carboxylic acids is 1. The van der Waals surface area contributed by atoms with Crippen LogP contribution in [0.2, 0.25) is 0 Å². The highest BCUT2D eigenvalue weighted by Crippen LogP contribution is 2.38. The molecule has 7 heteroatoms. The summed E-state index contributed by atoms with van der Waals surface area (Å²) in [6, 6.07) is 0. The molecule has 1 unspecified atom stereocenters. The van der Waals surface area contributed by atoms with Gasteiger partial charge in [-0.3, -0.25) is 9.59 Å². The monoisotopic (exact) mass is 367 g/mol. The Morgan fingerprint density at radius 1 is 1.24 bits per heavy atom. The summed E-state index contributed by atoms with van der Waals surface area (Å²) in [6.45, 7) is 3.80. The largest absolute Gasteiger partial charge is 0.481 e. The summed E-state index contributed by atoms with van der Waals surface area (Å²) in [6.07, 6.45) is 4.76. The Morgan fingerprint density at radius 3 is 2.64 bits per heavy atom. The van der Waals surface area contributed by atoms with Crippen molar-refractivity contribution in [2.45, 2.75) is 71.3 Å². The molecule has 0 aromatic carbocycles. The lowest BCUT2D eigenvalue weighted by atomic mass is 9.95. The van der Waals surface area contributed by atoms with E-state index in [2.05, 4.69) is 5.32 Å². The van der Waals surface area contributed by atoms with Gasteiger partial charge in [0.2, 0.25) is 5.91 Å². The molecule has 1 aromatic heterocycles. The highest BCUT2D eigenvalue weighted by Gasteiger charge is 2.28. The zero-order chi connectivity index (χ0) is 18.4. The van der Waals surface area contributed by atoms with Gasteiger partial charge in [0.25, 0.3) is 0 Å². The molecule has 6 nitrogen and oxygen atoms in total. The van der Waals surface area contributed by atoms with Crippen molar-refractivity contribution in [2.24, 2.45) is 0 Å². The molecule has 1 atom stereocenters. The number of carboxylic acids is 1. The summed E-state index contributed by atoms with van der Waals surface area (Å²) in [5.74, 6) is -1.57. The van der Waals surface area contributed by atoms with Gasteiger partial charge < -0.3 is 15.2 Å². The van der Waals surface area contributed by atoms with Gasteiger partial charge in [0.05, 0.1) is 11.7 Å². The van der Waals surface area contributed by atoms with E-state index in [-0.39, 0.29) is 37.2 Å². The fourth-order valence-electron chi connectivity index (χ4n) is 2.78. The Hall–Kier alpha value is -1.89. The zero-order valence-corrected chi connectivity index (χ0v) is 15.5. The minimum atomic E-state index is -0.919. The second kappa shape index (κ2) is 8.99. The lowest BCUT2D eigenvalue weighted by Crippen LogP contribution is -2.18. The van der Waals surface area contributed by atoms with Crippen LogP contribution in [0.3, 0.4) is 0 Å². The second-order valence-electron chi connectivity index (χ2n) is 6.33. The van der Waals surface area contributed by atoms with Crippen LogP contribution in [0.25, 0.3) is 0 Å². The first kappa shape index (κ1) is 19.4. The minimum Gasteiger partial charge on any atom is -0.481 e. The highest BCUT2D eigenvalue weighted by molar-refractivity contribution is 7.17. The van der Waals surface area contributed by atoms with Crippen LogP contribution >= 0.6 is 11.3 Å². The number of carboxylic acid groups (broad SMARTS) is 1. The smallest absolute Gasteiger partial charge is 0.341 e. The Kier molecular flexibility index (Phi) is 6.99. The first-order valence-electron chi connectivity index (χ1n) is 8.79. The van der Waals surface area contributed by atoms with E-state index in [9.17, 15) is 14.4 Å². The number of fused-ring (bicyclic) bond motifs is 1. The first-order valence-corrected chi connectivity index (χ1v) is 9.61. The van der Waals surface area contributed by atoms with E-state index in [1.165, 1.54) is 11.3 Å². The van der Waals surface area contributed by atoms with E-state index < -0.39 is 5.97 Å². The third kappa shape index (κ3) is 5.29. The molecule has 0 bridgehead atoms. The Labute approximate surface area is 151 Å². The van der Waals surface area contributed by atoms with Crippen LogP contribution in [0.4, 0.5) is 5.00 Å². The molecule has 0 aliphatic heterocycles. The number of ether oxygens (including phenoxy) is 1. The summed E-state index contributed by atoms with van der Waals surface area (Å²) in [5.41, 5.74) is 1.50. The van der Waals surface area contributed by atoms with Gasteiger partial charge in [-0.1, -0.05) is 6.92 Å². The highest BCUT2D eigenvalue weighted by atomic mass is 32.1. The van der Waals surface area contributed by atoms with Gasteiger partial charge in [-0.05, 0) is 51.0 Å². The standard InChI is InChI=1S/C18H25NO5S/c1-3-11(2)24-18(23)16-12-7-4-5-8-13(12)25-17(16)19-14(20)9-6-10-15(21)22/h11H,3-10H2,1-2H3,(H,19,20)(H,21,22). The maximum atomic E-state index is 12.6. The van der Waals surface area contributed by atoms with Gasteiger partial charge in [0.1, 0.15) is 5.00 Å². The topological polar surface area (TPSA) is 92.7 Å². The van der Waals surface area contributed by atoms with Gasteiger partial charge in [-0.15, -0.1) is 11.3 Å². The summed E-state index contributed by atoms with van der Waals surface area (Å²) in [5, 5.41) is 12.0. The van der Waals surface area contributed by atoms with Crippen LogP contribution in [0, 0.1) is 0 Å². The van der Waals surface area contributed by atoms with Gasteiger partial charge >= 0.3 is 11.9 Å². The Balaban J connectivity index is 2.16. The van der Waals surface area contributed by atoms with Crippen molar-refractivity contribution in [1.82, 2.24) is 0 Å². The van der Waals surface area contributed by atoms with Crippen molar-refractivity contribution in [3.05, 3.63) is 16.0 Å². The third-order valence-electron chi connectivity index (χ3n) is 4.31.